The quantitative estimate of drug-likeness (QED) is 0.863. The normalized spacial score (nSPS) is 10.6. The zero-order chi connectivity index (χ0) is 14.5. The highest BCUT2D eigenvalue weighted by atomic mass is 35.5. The predicted molar refractivity (Wildman–Crippen MR) is 80.0 cm³/mol. The molecule has 0 spiro atoms. The zero-order valence-electron chi connectivity index (χ0n) is 11.5. The molecule has 0 heterocycles. The van der Waals surface area contributed by atoms with Crippen LogP contribution in [-0.4, -0.2) is 6.54 Å². The molecule has 4 heteroatoms. The third kappa shape index (κ3) is 3.71. The van der Waals surface area contributed by atoms with Crippen molar-refractivity contribution in [3.63, 3.8) is 0 Å². The number of halogens is 2. The van der Waals surface area contributed by atoms with Crippen LogP contribution in [0.1, 0.15) is 18.1 Å². The Hall–Kier alpha value is -1.58. The molecule has 0 bridgehead atoms. The summed E-state index contributed by atoms with van der Waals surface area (Å²) >= 11 is 6.20. The molecular formula is C16H17ClFNO. The van der Waals surface area contributed by atoms with Crippen molar-refractivity contribution in [2.75, 3.05) is 6.54 Å². The van der Waals surface area contributed by atoms with Crippen molar-refractivity contribution in [2.45, 2.75) is 20.4 Å². The fourth-order valence-corrected chi connectivity index (χ4v) is 2.05. The summed E-state index contributed by atoms with van der Waals surface area (Å²) < 4.78 is 18.9. The number of rotatable bonds is 5. The summed E-state index contributed by atoms with van der Waals surface area (Å²) in [6.07, 6.45) is 0. The third-order valence-electron chi connectivity index (χ3n) is 2.95. The number of ether oxygens (including phenoxy) is 1. The van der Waals surface area contributed by atoms with Crippen LogP contribution in [0.4, 0.5) is 4.39 Å². The maximum atomic E-state index is 13.2. The van der Waals surface area contributed by atoms with Gasteiger partial charge in [0.1, 0.15) is 17.3 Å². The van der Waals surface area contributed by atoms with Gasteiger partial charge in [-0.3, -0.25) is 0 Å². The van der Waals surface area contributed by atoms with Crippen molar-refractivity contribution in [2.24, 2.45) is 0 Å². The number of hydrogen-bond donors (Lipinski definition) is 1. The summed E-state index contributed by atoms with van der Waals surface area (Å²) in [5.41, 5.74) is 1.94. The van der Waals surface area contributed by atoms with Gasteiger partial charge in [-0.2, -0.15) is 0 Å². The molecule has 106 valence electrons. The van der Waals surface area contributed by atoms with E-state index in [1.165, 1.54) is 12.1 Å². The summed E-state index contributed by atoms with van der Waals surface area (Å²) in [5.74, 6) is 0.678. The molecule has 0 saturated heterocycles. The number of benzene rings is 2. The SMILES string of the molecule is CCNCc1ccc(Oc2cc(F)ccc2C)c(Cl)c1. The van der Waals surface area contributed by atoms with Crippen molar-refractivity contribution < 1.29 is 9.13 Å². The third-order valence-corrected chi connectivity index (χ3v) is 3.24. The van der Waals surface area contributed by atoms with Gasteiger partial charge in [-0.1, -0.05) is 30.7 Å². The maximum absolute atomic E-state index is 13.2. The molecule has 0 amide bonds. The van der Waals surface area contributed by atoms with Crippen LogP contribution in [-0.2, 0) is 6.54 Å². The van der Waals surface area contributed by atoms with Crippen molar-refractivity contribution in [1.82, 2.24) is 5.32 Å². The Morgan fingerprint density at radius 2 is 1.95 bits per heavy atom. The molecule has 0 aliphatic heterocycles. The fraction of sp³-hybridized carbons (Fsp3) is 0.250. The van der Waals surface area contributed by atoms with Crippen LogP contribution in [0.3, 0.4) is 0 Å². The van der Waals surface area contributed by atoms with Crippen molar-refractivity contribution in [1.29, 1.82) is 0 Å². The average molecular weight is 294 g/mol. The van der Waals surface area contributed by atoms with E-state index in [0.717, 1.165) is 24.2 Å². The lowest BCUT2D eigenvalue weighted by molar-refractivity contribution is 0.473. The Balaban J connectivity index is 2.19. The second-order valence-electron chi connectivity index (χ2n) is 4.56. The molecule has 0 aromatic heterocycles. The number of hydrogen-bond acceptors (Lipinski definition) is 2. The second kappa shape index (κ2) is 6.73. The van der Waals surface area contributed by atoms with Crippen molar-refractivity contribution in [3.05, 3.63) is 58.4 Å². The highest BCUT2D eigenvalue weighted by Crippen LogP contribution is 2.32. The minimum atomic E-state index is -0.328. The molecule has 2 aromatic carbocycles. The highest BCUT2D eigenvalue weighted by Gasteiger charge is 2.07. The van der Waals surface area contributed by atoms with E-state index in [0.29, 0.717) is 16.5 Å². The van der Waals surface area contributed by atoms with Crippen LogP contribution in [0.2, 0.25) is 5.02 Å². The van der Waals surface area contributed by atoms with Gasteiger partial charge in [0.05, 0.1) is 5.02 Å². The molecule has 0 aliphatic carbocycles. The predicted octanol–water partition coefficient (Wildman–Crippen LogP) is 4.69. The molecule has 0 radical (unpaired) electrons. The first-order chi connectivity index (χ1) is 9.60. The molecule has 0 fully saturated rings. The summed E-state index contributed by atoms with van der Waals surface area (Å²) in [4.78, 5) is 0. The highest BCUT2D eigenvalue weighted by molar-refractivity contribution is 6.32. The Morgan fingerprint density at radius 1 is 1.15 bits per heavy atom. The van der Waals surface area contributed by atoms with E-state index < -0.39 is 0 Å². The molecule has 1 N–H and O–H groups in total. The minimum absolute atomic E-state index is 0.328. The monoisotopic (exact) mass is 293 g/mol. The van der Waals surface area contributed by atoms with E-state index in [1.54, 1.807) is 12.1 Å². The average Bonchev–Trinajstić information content (AvgIpc) is 2.43. The lowest BCUT2D eigenvalue weighted by atomic mass is 10.2. The maximum Gasteiger partial charge on any atom is 0.146 e. The minimum Gasteiger partial charge on any atom is -0.455 e. The Morgan fingerprint density at radius 3 is 2.65 bits per heavy atom. The lowest BCUT2D eigenvalue weighted by Crippen LogP contribution is -2.11. The summed E-state index contributed by atoms with van der Waals surface area (Å²) in [7, 11) is 0. The van der Waals surface area contributed by atoms with E-state index in [1.807, 2.05) is 26.0 Å². The Bertz CT molecular complexity index is 601. The van der Waals surface area contributed by atoms with E-state index in [-0.39, 0.29) is 5.82 Å². The van der Waals surface area contributed by atoms with Crippen LogP contribution < -0.4 is 10.1 Å². The summed E-state index contributed by atoms with van der Waals surface area (Å²) in [5, 5.41) is 3.75. The molecule has 2 rings (SSSR count). The van der Waals surface area contributed by atoms with Crippen LogP contribution in [0.5, 0.6) is 11.5 Å². The molecule has 2 nitrogen and oxygen atoms in total. The first-order valence-corrected chi connectivity index (χ1v) is 6.91. The number of nitrogens with one attached hydrogen (secondary N) is 1. The van der Waals surface area contributed by atoms with Gasteiger partial charge in [0.25, 0.3) is 0 Å². The van der Waals surface area contributed by atoms with Gasteiger partial charge in [-0.05, 0) is 42.8 Å². The van der Waals surface area contributed by atoms with Gasteiger partial charge in [0, 0.05) is 12.6 Å². The standard InChI is InChI=1S/C16H17ClFNO/c1-3-19-10-12-5-7-15(14(17)8-12)20-16-9-13(18)6-4-11(16)2/h4-9,19H,3,10H2,1-2H3. The van der Waals surface area contributed by atoms with Crippen LogP contribution in [0.25, 0.3) is 0 Å². The molecule has 0 unspecified atom stereocenters. The van der Waals surface area contributed by atoms with Crippen molar-refractivity contribution in [3.8, 4) is 11.5 Å². The molecule has 2 aromatic rings. The Kier molecular flexibility index (Phi) is 4.99. The van der Waals surface area contributed by atoms with E-state index in [2.05, 4.69) is 5.32 Å². The summed E-state index contributed by atoms with van der Waals surface area (Å²) in [6.45, 7) is 5.57. The van der Waals surface area contributed by atoms with Crippen LogP contribution in [0, 0.1) is 12.7 Å². The van der Waals surface area contributed by atoms with Gasteiger partial charge < -0.3 is 10.1 Å². The molecule has 0 aliphatic rings. The molecule has 0 atom stereocenters. The van der Waals surface area contributed by atoms with Gasteiger partial charge >= 0.3 is 0 Å². The smallest absolute Gasteiger partial charge is 0.146 e. The first kappa shape index (κ1) is 14.8. The van der Waals surface area contributed by atoms with E-state index in [9.17, 15) is 4.39 Å². The molecular weight excluding hydrogens is 277 g/mol. The second-order valence-corrected chi connectivity index (χ2v) is 4.96. The van der Waals surface area contributed by atoms with Crippen LogP contribution in [0.15, 0.2) is 36.4 Å². The van der Waals surface area contributed by atoms with Gasteiger partial charge in [0.2, 0.25) is 0 Å². The fourth-order valence-electron chi connectivity index (χ4n) is 1.81. The number of aryl methyl sites for hydroxylation is 1. The van der Waals surface area contributed by atoms with Gasteiger partial charge in [0.15, 0.2) is 0 Å². The Labute approximate surface area is 123 Å². The van der Waals surface area contributed by atoms with Gasteiger partial charge in [-0.15, -0.1) is 0 Å². The topological polar surface area (TPSA) is 21.3 Å². The van der Waals surface area contributed by atoms with Gasteiger partial charge in [-0.25, -0.2) is 4.39 Å². The van der Waals surface area contributed by atoms with Crippen molar-refractivity contribution >= 4 is 11.6 Å². The largest absolute Gasteiger partial charge is 0.455 e. The van der Waals surface area contributed by atoms with Crippen LogP contribution >= 0.6 is 11.6 Å². The first-order valence-electron chi connectivity index (χ1n) is 6.53. The molecule has 0 saturated carbocycles. The lowest BCUT2D eigenvalue weighted by Gasteiger charge is -2.11. The molecule has 20 heavy (non-hydrogen) atoms. The van der Waals surface area contributed by atoms with E-state index >= 15 is 0 Å². The van der Waals surface area contributed by atoms with E-state index in [4.69, 9.17) is 16.3 Å². The summed E-state index contributed by atoms with van der Waals surface area (Å²) in [6, 6.07) is 10.0. The zero-order valence-corrected chi connectivity index (χ0v) is 12.3.